The number of hydrogen-bond donors (Lipinski definition) is 1. The van der Waals surface area contributed by atoms with Gasteiger partial charge in [0.25, 0.3) is 0 Å². The van der Waals surface area contributed by atoms with Gasteiger partial charge >= 0.3 is 0 Å². The number of benzene rings is 1. The lowest BCUT2D eigenvalue weighted by Crippen LogP contribution is -2.41. The molecule has 1 N–H and O–H groups in total. The molecule has 0 spiro atoms. The standard InChI is InChI=1S/C17H26ClNO2/c1-4-6-16(20-5-2)15(19-3)11-13-10-14(18)9-12-7-8-21-17(12)13/h9-10,15-16,19H,4-8,11H2,1-3H3. The second-order valence-corrected chi connectivity index (χ2v) is 5.97. The normalized spacial score (nSPS) is 16.4. The highest BCUT2D eigenvalue weighted by Gasteiger charge is 2.24. The van der Waals surface area contributed by atoms with E-state index in [-0.39, 0.29) is 12.1 Å². The lowest BCUT2D eigenvalue weighted by Gasteiger charge is -2.27. The zero-order chi connectivity index (χ0) is 15.2. The van der Waals surface area contributed by atoms with Crippen molar-refractivity contribution < 1.29 is 9.47 Å². The largest absolute Gasteiger partial charge is 0.493 e. The fourth-order valence-electron chi connectivity index (χ4n) is 3.05. The third-order valence-corrected chi connectivity index (χ3v) is 4.26. The second-order valence-electron chi connectivity index (χ2n) is 5.53. The van der Waals surface area contributed by atoms with E-state index in [1.165, 1.54) is 11.1 Å². The average molecular weight is 312 g/mol. The third kappa shape index (κ3) is 4.12. The molecule has 2 rings (SSSR count). The van der Waals surface area contributed by atoms with E-state index >= 15 is 0 Å². The number of hydrogen-bond acceptors (Lipinski definition) is 3. The van der Waals surface area contributed by atoms with Crippen LogP contribution >= 0.6 is 11.6 Å². The maximum atomic E-state index is 6.25. The van der Waals surface area contributed by atoms with Gasteiger partial charge in [-0.15, -0.1) is 0 Å². The van der Waals surface area contributed by atoms with Crippen LogP contribution in [-0.2, 0) is 17.6 Å². The Balaban J connectivity index is 2.18. The molecule has 1 aliphatic rings. The summed E-state index contributed by atoms with van der Waals surface area (Å²) in [5.74, 6) is 1.03. The van der Waals surface area contributed by atoms with Gasteiger partial charge in [-0.05, 0) is 50.1 Å². The Morgan fingerprint density at radius 1 is 1.38 bits per heavy atom. The molecule has 1 heterocycles. The number of rotatable bonds is 8. The molecule has 0 aliphatic carbocycles. The van der Waals surface area contributed by atoms with Crippen LogP contribution in [0.3, 0.4) is 0 Å². The number of fused-ring (bicyclic) bond motifs is 1. The molecule has 0 saturated heterocycles. The Hall–Kier alpha value is -0.770. The minimum absolute atomic E-state index is 0.223. The molecule has 1 aromatic rings. The van der Waals surface area contributed by atoms with Gasteiger partial charge in [0.05, 0.1) is 12.7 Å². The van der Waals surface area contributed by atoms with E-state index in [9.17, 15) is 0 Å². The van der Waals surface area contributed by atoms with Gasteiger partial charge < -0.3 is 14.8 Å². The predicted molar refractivity (Wildman–Crippen MR) is 87.5 cm³/mol. The number of nitrogens with one attached hydrogen (secondary N) is 1. The van der Waals surface area contributed by atoms with E-state index in [4.69, 9.17) is 21.1 Å². The first kappa shape index (κ1) is 16.6. The van der Waals surface area contributed by atoms with E-state index in [1.807, 2.05) is 19.2 Å². The molecule has 1 aliphatic heterocycles. The van der Waals surface area contributed by atoms with Crippen molar-refractivity contribution in [2.45, 2.75) is 51.7 Å². The van der Waals surface area contributed by atoms with Gasteiger partial charge in [0.2, 0.25) is 0 Å². The first-order chi connectivity index (χ1) is 10.2. The van der Waals surface area contributed by atoms with Crippen LogP contribution in [0, 0.1) is 0 Å². The second kappa shape index (κ2) is 8.02. The van der Waals surface area contributed by atoms with Gasteiger partial charge in [0, 0.05) is 24.1 Å². The first-order valence-electron chi connectivity index (χ1n) is 7.92. The van der Waals surface area contributed by atoms with Crippen molar-refractivity contribution in [2.24, 2.45) is 0 Å². The van der Waals surface area contributed by atoms with Crippen molar-refractivity contribution in [3.8, 4) is 5.75 Å². The Labute approximate surface area is 133 Å². The zero-order valence-corrected chi connectivity index (χ0v) is 14.0. The molecule has 118 valence electrons. The molecule has 3 nitrogen and oxygen atoms in total. The molecule has 21 heavy (non-hydrogen) atoms. The number of ether oxygens (including phenoxy) is 2. The van der Waals surface area contributed by atoms with Crippen LogP contribution < -0.4 is 10.1 Å². The lowest BCUT2D eigenvalue weighted by atomic mass is 9.96. The molecule has 0 saturated carbocycles. The van der Waals surface area contributed by atoms with Crippen LogP contribution in [0.25, 0.3) is 0 Å². The van der Waals surface area contributed by atoms with Gasteiger partial charge in [-0.1, -0.05) is 24.9 Å². The Morgan fingerprint density at radius 2 is 2.19 bits per heavy atom. The number of halogens is 1. The third-order valence-electron chi connectivity index (χ3n) is 4.04. The van der Waals surface area contributed by atoms with Crippen molar-refractivity contribution in [3.05, 3.63) is 28.3 Å². The summed E-state index contributed by atoms with van der Waals surface area (Å²) in [6, 6.07) is 4.33. The molecule has 4 heteroatoms. The summed E-state index contributed by atoms with van der Waals surface area (Å²) in [5, 5.41) is 4.21. The fraction of sp³-hybridized carbons (Fsp3) is 0.647. The van der Waals surface area contributed by atoms with Crippen molar-refractivity contribution in [1.82, 2.24) is 5.32 Å². The Morgan fingerprint density at radius 3 is 2.86 bits per heavy atom. The summed E-state index contributed by atoms with van der Waals surface area (Å²) in [6.07, 6.45) is 4.23. The summed E-state index contributed by atoms with van der Waals surface area (Å²) in [5.41, 5.74) is 2.42. The molecule has 0 fully saturated rings. The highest BCUT2D eigenvalue weighted by Crippen LogP contribution is 2.34. The van der Waals surface area contributed by atoms with Gasteiger partial charge in [-0.2, -0.15) is 0 Å². The topological polar surface area (TPSA) is 30.5 Å². The van der Waals surface area contributed by atoms with Crippen LogP contribution in [0.2, 0.25) is 5.02 Å². The first-order valence-corrected chi connectivity index (χ1v) is 8.30. The van der Waals surface area contributed by atoms with Gasteiger partial charge in [-0.3, -0.25) is 0 Å². The highest BCUT2D eigenvalue weighted by molar-refractivity contribution is 6.30. The molecule has 0 amide bonds. The average Bonchev–Trinajstić information content (AvgIpc) is 2.92. The summed E-state index contributed by atoms with van der Waals surface area (Å²) in [7, 11) is 2.00. The summed E-state index contributed by atoms with van der Waals surface area (Å²) in [4.78, 5) is 0. The fourth-order valence-corrected chi connectivity index (χ4v) is 3.32. The highest BCUT2D eigenvalue weighted by atomic mass is 35.5. The van der Waals surface area contributed by atoms with E-state index in [0.29, 0.717) is 0 Å². The van der Waals surface area contributed by atoms with Crippen molar-refractivity contribution in [3.63, 3.8) is 0 Å². The maximum Gasteiger partial charge on any atom is 0.125 e. The smallest absolute Gasteiger partial charge is 0.125 e. The molecule has 0 radical (unpaired) electrons. The van der Waals surface area contributed by atoms with Crippen LogP contribution in [0.15, 0.2) is 12.1 Å². The summed E-state index contributed by atoms with van der Waals surface area (Å²) < 4.78 is 11.7. The number of likely N-dealkylation sites (N-methyl/N-ethyl adjacent to an activating group) is 1. The van der Waals surface area contributed by atoms with Crippen molar-refractivity contribution >= 4 is 11.6 Å². The minimum Gasteiger partial charge on any atom is -0.493 e. The van der Waals surface area contributed by atoms with E-state index in [2.05, 4.69) is 19.2 Å². The molecule has 1 aromatic carbocycles. The molecule has 2 atom stereocenters. The quantitative estimate of drug-likeness (QED) is 0.795. The SMILES string of the molecule is CCCC(OCC)C(Cc1cc(Cl)cc2c1OCC2)NC. The van der Waals surface area contributed by atoms with Gasteiger partial charge in [-0.25, -0.2) is 0 Å². The maximum absolute atomic E-state index is 6.25. The van der Waals surface area contributed by atoms with Crippen LogP contribution in [0.4, 0.5) is 0 Å². The zero-order valence-electron chi connectivity index (χ0n) is 13.2. The summed E-state index contributed by atoms with van der Waals surface area (Å²) >= 11 is 6.25. The van der Waals surface area contributed by atoms with E-state index < -0.39 is 0 Å². The monoisotopic (exact) mass is 311 g/mol. The minimum atomic E-state index is 0.223. The van der Waals surface area contributed by atoms with Crippen LogP contribution in [0.5, 0.6) is 5.75 Å². The van der Waals surface area contributed by atoms with Crippen LogP contribution in [0.1, 0.15) is 37.8 Å². The Bertz CT molecular complexity index is 458. The molecular weight excluding hydrogens is 286 g/mol. The predicted octanol–water partition coefficient (Wildman–Crippen LogP) is 3.61. The van der Waals surface area contributed by atoms with Crippen LogP contribution in [-0.4, -0.2) is 32.4 Å². The van der Waals surface area contributed by atoms with Crippen molar-refractivity contribution in [1.29, 1.82) is 0 Å². The van der Waals surface area contributed by atoms with Gasteiger partial charge in [0.1, 0.15) is 5.75 Å². The Kier molecular flexibility index (Phi) is 6.34. The van der Waals surface area contributed by atoms with Gasteiger partial charge in [0.15, 0.2) is 0 Å². The lowest BCUT2D eigenvalue weighted by molar-refractivity contribution is 0.0299. The summed E-state index contributed by atoms with van der Waals surface area (Å²) in [6.45, 7) is 5.75. The van der Waals surface area contributed by atoms with E-state index in [0.717, 1.165) is 49.7 Å². The molecular formula is C17H26ClNO2. The molecule has 0 aromatic heterocycles. The van der Waals surface area contributed by atoms with E-state index in [1.54, 1.807) is 0 Å². The molecule has 0 bridgehead atoms. The van der Waals surface area contributed by atoms with Crippen molar-refractivity contribution in [2.75, 3.05) is 20.3 Å². The molecule has 2 unspecified atom stereocenters.